The summed E-state index contributed by atoms with van der Waals surface area (Å²) >= 11 is 0. The molecule has 116 valence electrons. The predicted octanol–water partition coefficient (Wildman–Crippen LogP) is 1.39. The zero-order valence-electron chi connectivity index (χ0n) is 12.2. The molecule has 2 heterocycles. The first-order valence-electron chi connectivity index (χ1n) is 7.56. The molecule has 3 rings (SSSR count). The lowest BCUT2D eigenvalue weighted by Gasteiger charge is -2.20. The Labute approximate surface area is 126 Å². The molecule has 5 nitrogen and oxygen atoms in total. The highest BCUT2D eigenvalue weighted by atomic mass is 32.2. The van der Waals surface area contributed by atoms with Crippen LogP contribution in [0.1, 0.15) is 31.7 Å². The number of sulfonamides is 1. The Bertz CT molecular complexity index is 585. The molecule has 0 radical (unpaired) electrons. The van der Waals surface area contributed by atoms with Gasteiger partial charge in [0.2, 0.25) is 10.0 Å². The second kappa shape index (κ2) is 6.04. The first-order valence-corrected chi connectivity index (χ1v) is 9.04. The molecule has 2 N–H and O–H groups in total. The summed E-state index contributed by atoms with van der Waals surface area (Å²) in [6, 6.07) is 6.98. The molecule has 0 saturated carbocycles. The lowest BCUT2D eigenvalue weighted by Crippen LogP contribution is -2.41. The molecule has 3 unspecified atom stereocenters. The molecule has 0 spiro atoms. The van der Waals surface area contributed by atoms with Gasteiger partial charge in [0.25, 0.3) is 0 Å². The second-order valence-electron chi connectivity index (χ2n) is 5.76. The Morgan fingerprint density at radius 2 is 2.00 bits per heavy atom. The Morgan fingerprint density at radius 1 is 1.24 bits per heavy atom. The Balaban J connectivity index is 1.67. The van der Waals surface area contributed by atoms with Crippen molar-refractivity contribution in [2.75, 3.05) is 6.54 Å². The van der Waals surface area contributed by atoms with Crippen LogP contribution in [0.4, 0.5) is 0 Å². The molecule has 1 aromatic rings. The number of hydrogen-bond donors (Lipinski definition) is 2. The van der Waals surface area contributed by atoms with E-state index in [1.165, 1.54) is 0 Å². The number of rotatable bonds is 6. The summed E-state index contributed by atoms with van der Waals surface area (Å²) in [5.74, 6) is 0. The van der Waals surface area contributed by atoms with Gasteiger partial charge in [-0.2, -0.15) is 0 Å². The third-order valence-corrected chi connectivity index (χ3v) is 5.73. The van der Waals surface area contributed by atoms with Crippen molar-refractivity contribution in [3.63, 3.8) is 0 Å². The van der Waals surface area contributed by atoms with Crippen LogP contribution in [0.15, 0.2) is 29.2 Å². The number of ether oxygens (including phenoxy) is 1. The second-order valence-corrected chi connectivity index (χ2v) is 7.48. The number of benzene rings is 1. The predicted molar refractivity (Wildman–Crippen MR) is 80.4 cm³/mol. The summed E-state index contributed by atoms with van der Waals surface area (Å²) in [5, 5.41) is 3.22. The first kappa shape index (κ1) is 15.0. The van der Waals surface area contributed by atoms with Gasteiger partial charge in [0.15, 0.2) is 0 Å². The Morgan fingerprint density at radius 3 is 2.57 bits per heavy atom. The molecule has 2 aliphatic rings. The van der Waals surface area contributed by atoms with Gasteiger partial charge in [-0.25, -0.2) is 13.1 Å². The SMILES string of the molecule is CCNCc1ccc(S(=O)(=O)NC2CC3CCC2O3)cc1. The highest BCUT2D eigenvalue weighted by molar-refractivity contribution is 7.89. The van der Waals surface area contributed by atoms with E-state index in [0.717, 1.165) is 37.9 Å². The van der Waals surface area contributed by atoms with Gasteiger partial charge in [-0.15, -0.1) is 0 Å². The standard InChI is InChI=1S/C15H22N2O3S/c1-2-16-10-11-3-6-13(7-4-11)21(18,19)17-14-9-12-5-8-15(14)20-12/h3-4,6-7,12,14-17H,2,5,8-10H2,1H3. The lowest BCUT2D eigenvalue weighted by molar-refractivity contribution is 0.0996. The maximum atomic E-state index is 12.4. The maximum Gasteiger partial charge on any atom is 0.240 e. The number of nitrogens with one attached hydrogen (secondary N) is 2. The fraction of sp³-hybridized carbons (Fsp3) is 0.600. The Kier molecular flexibility index (Phi) is 4.31. The van der Waals surface area contributed by atoms with Crippen molar-refractivity contribution in [3.05, 3.63) is 29.8 Å². The first-order chi connectivity index (χ1) is 10.1. The summed E-state index contributed by atoms with van der Waals surface area (Å²) in [5.41, 5.74) is 1.08. The summed E-state index contributed by atoms with van der Waals surface area (Å²) in [6.07, 6.45) is 3.10. The molecule has 3 atom stereocenters. The van der Waals surface area contributed by atoms with Crippen molar-refractivity contribution >= 4 is 10.0 Å². The van der Waals surface area contributed by atoms with Crippen molar-refractivity contribution < 1.29 is 13.2 Å². The van der Waals surface area contributed by atoms with Gasteiger partial charge >= 0.3 is 0 Å². The zero-order chi connectivity index (χ0) is 14.9. The monoisotopic (exact) mass is 310 g/mol. The largest absolute Gasteiger partial charge is 0.373 e. The molecule has 2 bridgehead atoms. The molecule has 6 heteroatoms. The van der Waals surface area contributed by atoms with E-state index in [-0.39, 0.29) is 18.2 Å². The van der Waals surface area contributed by atoms with Crippen LogP contribution in [0.25, 0.3) is 0 Å². The third-order valence-electron chi connectivity index (χ3n) is 4.23. The van der Waals surface area contributed by atoms with Gasteiger partial charge in [-0.3, -0.25) is 0 Å². The van der Waals surface area contributed by atoms with Crippen LogP contribution in [0.2, 0.25) is 0 Å². The molecule has 2 saturated heterocycles. The molecule has 0 aliphatic carbocycles. The van der Waals surface area contributed by atoms with Crippen molar-refractivity contribution in [1.82, 2.24) is 10.0 Å². The quantitative estimate of drug-likeness (QED) is 0.833. The molecule has 21 heavy (non-hydrogen) atoms. The molecular formula is C15H22N2O3S. The highest BCUT2D eigenvalue weighted by Gasteiger charge is 2.42. The molecule has 2 fully saturated rings. The van der Waals surface area contributed by atoms with Crippen LogP contribution < -0.4 is 10.0 Å². The number of hydrogen-bond acceptors (Lipinski definition) is 4. The van der Waals surface area contributed by atoms with Crippen LogP contribution >= 0.6 is 0 Å². The minimum absolute atomic E-state index is 0.0535. The zero-order valence-corrected chi connectivity index (χ0v) is 13.0. The topological polar surface area (TPSA) is 67.4 Å². The third kappa shape index (κ3) is 3.29. The van der Waals surface area contributed by atoms with E-state index in [2.05, 4.69) is 10.0 Å². The van der Waals surface area contributed by atoms with E-state index in [0.29, 0.717) is 4.90 Å². The van der Waals surface area contributed by atoms with Crippen molar-refractivity contribution in [2.24, 2.45) is 0 Å². The van der Waals surface area contributed by atoms with E-state index in [4.69, 9.17) is 4.74 Å². The van der Waals surface area contributed by atoms with Crippen LogP contribution in [-0.4, -0.2) is 33.2 Å². The van der Waals surface area contributed by atoms with E-state index in [9.17, 15) is 8.42 Å². The minimum Gasteiger partial charge on any atom is -0.373 e. The summed E-state index contributed by atoms with van der Waals surface area (Å²) in [6.45, 7) is 3.69. The summed E-state index contributed by atoms with van der Waals surface area (Å²) in [7, 11) is -3.45. The van der Waals surface area contributed by atoms with Crippen molar-refractivity contribution in [3.8, 4) is 0 Å². The van der Waals surface area contributed by atoms with Crippen LogP contribution in [0, 0.1) is 0 Å². The molecule has 1 aromatic carbocycles. The highest BCUT2D eigenvalue weighted by Crippen LogP contribution is 2.35. The molecule has 0 amide bonds. The van der Waals surface area contributed by atoms with Gasteiger partial charge < -0.3 is 10.1 Å². The van der Waals surface area contributed by atoms with E-state index in [1.807, 2.05) is 19.1 Å². The van der Waals surface area contributed by atoms with Gasteiger partial charge in [0, 0.05) is 6.54 Å². The van der Waals surface area contributed by atoms with Gasteiger partial charge in [0.1, 0.15) is 0 Å². The normalized spacial score (nSPS) is 28.1. The minimum atomic E-state index is -3.45. The van der Waals surface area contributed by atoms with Crippen LogP contribution in [0.5, 0.6) is 0 Å². The van der Waals surface area contributed by atoms with E-state index < -0.39 is 10.0 Å². The summed E-state index contributed by atoms with van der Waals surface area (Å²) < 4.78 is 33.3. The molecule has 2 aliphatic heterocycles. The average molecular weight is 310 g/mol. The fourth-order valence-corrected chi connectivity index (χ4v) is 4.36. The smallest absolute Gasteiger partial charge is 0.240 e. The average Bonchev–Trinajstić information content (AvgIpc) is 3.07. The fourth-order valence-electron chi connectivity index (χ4n) is 3.08. The lowest BCUT2D eigenvalue weighted by atomic mass is 9.96. The van der Waals surface area contributed by atoms with E-state index in [1.54, 1.807) is 12.1 Å². The summed E-state index contributed by atoms with van der Waals surface area (Å²) in [4.78, 5) is 0.325. The Hall–Kier alpha value is -0.950. The van der Waals surface area contributed by atoms with Gasteiger partial charge in [-0.05, 0) is 43.5 Å². The van der Waals surface area contributed by atoms with Crippen molar-refractivity contribution in [2.45, 2.75) is 55.9 Å². The van der Waals surface area contributed by atoms with Crippen LogP contribution in [0.3, 0.4) is 0 Å². The van der Waals surface area contributed by atoms with Crippen LogP contribution in [-0.2, 0) is 21.3 Å². The molecule has 0 aromatic heterocycles. The van der Waals surface area contributed by atoms with Gasteiger partial charge in [0.05, 0.1) is 23.1 Å². The number of fused-ring (bicyclic) bond motifs is 2. The van der Waals surface area contributed by atoms with Crippen molar-refractivity contribution in [1.29, 1.82) is 0 Å². The maximum absolute atomic E-state index is 12.4. The van der Waals surface area contributed by atoms with E-state index >= 15 is 0 Å². The molecular weight excluding hydrogens is 288 g/mol. The van der Waals surface area contributed by atoms with Gasteiger partial charge in [-0.1, -0.05) is 19.1 Å².